The molecule has 0 aliphatic carbocycles. The van der Waals surface area contributed by atoms with E-state index in [1.54, 1.807) is 23.5 Å². The van der Waals surface area contributed by atoms with E-state index in [1.807, 2.05) is 6.92 Å². The average molecular weight is 276 g/mol. The van der Waals surface area contributed by atoms with Crippen molar-refractivity contribution in [3.05, 3.63) is 0 Å². The first-order valence-electron chi connectivity index (χ1n) is 5.40. The van der Waals surface area contributed by atoms with Crippen LogP contribution in [0.4, 0.5) is 4.79 Å². The quantitative estimate of drug-likeness (QED) is 0.584. The molecule has 0 radical (unpaired) electrons. The lowest BCUT2D eigenvalue weighted by Crippen LogP contribution is -2.32. The summed E-state index contributed by atoms with van der Waals surface area (Å²) in [5.41, 5.74) is 0. The molecule has 0 saturated carbocycles. The molecule has 1 rings (SSSR count). The molecule has 2 amide bonds. The van der Waals surface area contributed by atoms with Gasteiger partial charge in [-0.3, -0.25) is 9.63 Å². The summed E-state index contributed by atoms with van der Waals surface area (Å²) in [4.78, 5) is 28.6. The van der Waals surface area contributed by atoms with Crippen molar-refractivity contribution in [3.8, 4) is 0 Å². The number of oxime groups is 1. The Morgan fingerprint density at radius 3 is 2.82 bits per heavy atom. The van der Waals surface area contributed by atoms with Crippen molar-refractivity contribution >= 4 is 40.6 Å². The van der Waals surface area contributed by atoms with Crippen LogP contribution >= 0.6 is 23.5 Å². The summed E-state index contributed by atoms with van der Waals surface area (Å²) >= 11 is 3.34. The maximum atomic E-state index is 11.5. The van der Waals surface area contributed by atoms with E-state index in [1.165, 1.54) is 7.05 Å². The molecule has 0 atom stereocenters. The van der Waals surface area contributed by atoms with E-state index in [9.17, 15) is 9.59 Å². The molecular formula is C10H16N2O3S2. The number of hydrogen-bond donors (Lipinski definition) is 0. The zero-order valence-electron chi connectivity index (χ0n) is 9.97. The number of amides is 2. The van der Waals surface area contributed by atoms with Crippen LogP contribution < -0.4 is 0 Å². The van der Waals surface area contributed by atoms with Crippen LogP contribution in [0, 0.1) is 0 Å². The van der Waals surface area contributed by atoms with Crippen molar-refractivity contribution in [1.29, 1.82) is 0 Å². The Bertz CT molecular complexity index is 313. The van der Waals surface area contributed by atoms with Gasteiger partial charge in [0.15, 0.2) is 0 Å². The number of nitrogens with zero attached hydrogens (tertiary/aromatic N) is 2. The van der Waals surface area contributed by atoms with Crippen LogP contribution in [0.15, 0.2) is 5.16 Å². The molecule has 0 aromatic rings. The van der Waals surface area contributed by atoms with Crippen LogP contribution in [0.25, 0.3) is 0 Å². The van der Waals surface area contributed by atoms with Crippen LogP contribution in [0.3, 0.4) is 0 Å². The lowest BCUT2D eigenvalue weighted by Gasteiger charge is -2.14. The number of thioether (sulfide) groups is 2. The molecule has 0 aromatic heterocycles. The van der Waals surface area contributed by atoms with Gasteiger partial charge in [-0.25, -0.2) is 9.69 Å². The van der Waals surface area contributed by atoms with E-state index in [0.29, 0.717) is 12.8 Å². The third kappa shape index (κ3) is 4.99. The molecule has 1 fully saturated rings. The minimum atomic E-state index is -0.716. The molecule has 96 valence electrons. The molecule has 0 unspecified atom stereocenters. The van der Waals surface area contributed by atoms with Gasteiger partial charge in [0.25, 0.3) is 0 Å². The van der Waals surface area contributed by atoms with Gasteiger partial charge in [-0.1, -0.05) is 12.1 Å². The number of carbonyl (C=O) groups is 2. The third-order valence-corrected chi connectivity index (χ3v) is 4.43. The fraction of sp³-hybridized carbons (Fsp3) is 0.700. The number of rotatable bonds is 3. The molecule has 0 spiro atoms. The summed E-state index contributed by atoms with van der Waals surface area (Å²) in [5, 5.41) is 4.56. The minimum Gasteiger partial charge on any atom is -0.297 e. The van der Waals surface area contributed by atoms with Gasteiger partial charge in [0.05, 0.1) is 0 Å². The van der Waals surface area contributed by atoms with Crippen LogP contribution in [-0.2, 0) is 9.63 Å². The zero-order valence-corrected chi connectivity index (χ0v) is 11.6. The molecule has 7 heteroatoms. The zero-order chi connectivity index (χ0) is 12.7. The number of imide groups is 1. The molecule has 17 heavy (non-hydrogen) atoms. The maximum absolute atomic E-state index is 11.5. The first kappa shape index (κ1) is 14.4. The Balaban J connectivity index is 2.40. The predicted molar refractivity (Wildman–Crippen MR) is 71.4 cm³/mol. The summed E-state index contributed by atoms with van der Waals surface area (Å²) < 4.78 is 0. The van der Waals surface area contributed by atoms with Gasteiger partial charge in [0.2, 0.25) is 5.91 Å². The topological polar surface area (TPSA) is 59.0 Å². The van der Waals surface area contributed by atoms with Crippen molar-refractivity contribution in [2.75, 3.05) is 24.3 Å². The summed E-state index contributed by atoms with van der Waals surface area (Å²) in [5.74, 6) is 2.59. The average Bonchev–Trinajstić information content (AvgIpc) is 2.36. The second kappa shape index (κ2) is 7.60. The van der Waals surface area contributed by atoms with E-state index >= 15 is 0 Å². The minimum absolute atomic E-state index is 0.247. The summed E-state index contributed by atoms with van der Waals surface area (Å²) in [6, 6.07) is 0. The molecular weight excluding hydrogens is 260 g/mol. The number of hydrogen-bond acceptors (Lipinski definition) is 6. The van der Waals surface area contributed by atoms with Crippen molar-refractivity contribution in [2.45, 2.75) is 19.8 Å². The first-order chi connectivity index (χ1) is 8.15. The lowest BCUT2D eigenvalue weighted by molar-refractivity contribution is -0.128. The van der Waals surface area contributed by atoms with E-state index in [4.69, 9.17) is 4.84 Å². The third-order valence-electron chi connectivity index (χ3n) is 2.06. The molecule has 0 bridgehead atoms. The lowest BCUT2D eigenvalue weighted by atomic mass is 10.3. The second-order valence-corrected chi connectivity index (χ2v) is 5.72. The highest BCUT2D eigenvalue weighted by atomic mass is 32.2. The van der Waals surface area contributed by atoms with Crippen molar-refractivity contribution in [1.82, 2.24) is 4.90 Å². The summed E-state index contributed by atoms with van der Waals surface area (Å²) in [6.07, 6.45) is 0.330. The fourth-order valence-corrected chi connectivity index (χ4v) is 3.19. The molecule has 1 aliphatic heterocycles. The standard InChI is InChI=1S/C10H16N2O3S2/c1-3-4-9(13)12(2)10(14)15-11-8-7-16-5-6-17-8/h3-7H2,1-2H3/b11-8+. The Hall–Kier alpha value is -0.690. The fourth-order valence-electron chi connectivity index (χ4n) is 1.11. The molecule has 1 heterocycles. The maximum Gasteiger partial charge on any atom is 0.442 e. The highest BCUT2D eigenvalue weighted by Crippen LogP contribution is 2.19. The molecule has 1 aliphatic rings. The summed E-state index contributed by atoms with van der Waals surface area (Å²) in [6.45, 7) is 1.88. The Labute approximate surface area is 109 Å². The Morgan fingerprint density at radius 2 is 2.24 bits per heavy atom. The van der Waals surface area contributed by atoms with E-state index in [-0.39, 0.29) is 5.91 Å². The predicted octanol–water partition coefficient (Wildman–Crippen LogP) is 2.17. The Kier molecular flexibility index (Phi) is 6.43. The van der Waals surface area contributed by atoms with Gasteiger partial charge >= 0.3 is 6.09 Å². The van der Waals surface area contributed by atoms with Crippen LogP contribution in [0.1, 0.15) is 19.8 Å². The molecule has 0 aromatic carbocycles. The van der Waals surface area contributed by atoms with Crippen LogP contribution in [-0.4, -0.2) is 46.3 Å². The molecule has 1 saturated heterocycles. The van der Waals surface area contributed by atoms with E-state index in [2.05, 4.69) is 5.16 Å². The monoisotopic (exact) mass is 276 g/mol. The van der Waals surface area contributed by atoms with Gasteiger partial charge in [0.1, 0.15) is 5.04 Å². The van der Waals surface area contributed by atoms with Crippen LogP contribution in [0.2, 0.25) is 0 Å². The highest BCUT2D eigenvalue weighted by molar-refractivity contribution is 8.18. The number of carbonyl (C=O) groups excluding carboxylic acids is 2. The summed E-state index contributed by atoms with van der Waals surface area (Å²) in [7, 11) is 1.41. The second-order valence-electron chi connectivity index (χ2n) is 3.45. The van der Waals surface area contributed by atoms with Crippen molar-refractivity contribution < 1.29 is 14.4 Å². The van der Waals surface area contributed by atoms with Crippen LogP contribution in [0.5, 0.6) is 0 Å². The smallest absolute Gasteiger partial charge is 0.297 e. The van der Waals surface area contributed by atoms with E-state index < -0.39 is 6.09 Å². The molecule has 0 N–H and O–H groups in total. The highest BCUT2D eigenvalue weighted by Gasteiger charge is 2.18. The van der Waals surface area contributed by atoms with Crippen molar-refractivity contribution in [2.24, 2.45) is 5.16 Å². The van der Waals surface area contributed by atoms with E-state index in [0.717, 1.165) is 27.2 Å². The normalized spacial score (nSPS) is 17.9. The van der Waals surface area contributed by atoms with Gasteiger partial charge in [-0.2, -0.15) is 11.8 Å². The van der Waals surface area contributed by atoms with Gasteiger partial charge in [0, 0.05) is 30.7 Å². The largest absolute Gasteiger partial charge is 0.442 e. The van der Waals surface area contributed by atoms with Gasteiger partial charge in [-0.15, -0.1) is 11.8 Å². The van der Waals surface area contributed by atoms with Gasteiger partial charge < -0.3 is 0 Å². The SMILES string of the molecule is CCCC(=O)N(C)C(=O)O/N=C1\CSCCS1. The first-order valence-corrected chi connectivity index (χ1v) is 7.54. The molecule has 5 nitrogen and oxygen atoms in total. The Morgan fingerprint density at radius 1 is 1.47 bits per heavy atom. The van der Waals surface area contributed by atoms with Crippen molar-refractivity contribution in [3.63, 3.8) is 0 Å². The van der Waals surface area contributed by atoms with Gasteiger partial charge in [-0.05, 0) is 6.42 Å².